The summed E-state index contributed by atoms with van der Waals surface area (Å²) in [6, 6.07) is 11.7. The molecule has 10 nitrogen and oxygen atoms in total. The zero-order valence-electron chi connectivity index (χ0n) is 20.7. The number of carboxylic acid groups (broad SMARTS) is 1. The maximum Gasteiger partial charge on any atom is 1.00 e. The number of carbonyl (C=O) groups is 2. The molecule has 2 aliphatic rings. The van der Waals surface area contributed by atoms with Gasteiger partial charge in [-0.05, 0) is 42.9 Å². The number of hydrogen-bond acceptors (Lipinski definition) is 9. The number of methoxy groups -OCH3 is 1. The number of carboxylic acids is 1. The summed E-state index contributed by atoms with van der Waals surface area (Å²) in [7, 11) is -0.799. The summed E-state index contributed by atoms with van der Waals surface area (Å²) in [5, 5.41) is 13.6. The predicted octanol–water partition coefficient (Wildman–Crippen LogP) is -3.38. The van der Waals surface area contributed by atoms with Crippen molar-refractivity contribution in [3.8, 4) is 5.75 Å². The van der Waals surface area contributed by atoms with Crippen LogP contribution < -0.4 is 66.5 Å². The van der Waals surface area contributed by atoms with Gasteiger partial charge in [0.1, 0.15) is 5.75 Å². The Morgan fingerprint density at radius 1 is 1.06 bits per heavy atom. The molecule has 2 heterocycles. The molecule has 0 aliphatic carbocycles. The van der Waals surface area contributed by atoms with Gasteiger partial charge in [-0.1, -0.05) is 18.2 Å². The molecule has 188 valence electrons. The third-order valence-corrected chi connectivity index (χ3v) is 8.55. The number of para-hydroxylation sites is 1. The van der Waals surface area contributed by atoms with Gasteiger partial charge in [0.25, 0.3) is 5.91 Å². The third-order valence-electron chi connectivity index (χ3n) is 6.54. The Morgan fingerprint density at radius 3 is 2.31 bits per heavy atom. The van der Waals surface area contributed by atoms with Crippen LogP contribution in [-0.4, -0.2) is 93.3 Å². The first-order valence-electron chi connectivity index (χ1n) is 11.4. The number of nitrogens with one attached hydrogen (secondary N) is 1. The summed E-state index contributed by atoms with van der Waals surface area (Å²) in [5.74, 6) is -1.74. The largest absolute Gasteiger partial charge is 1.00 e. The van der Waals surface area contributed by atoms with Gasteiger partial charge in [-0.15, -0.1) is 0 Å². The monoisotopic (exact) mass is 540 g/mol. The number of carbonyl (C=O) groups excluding carboxylic acids is 2. The number of sulfone groups is 1. The van der Waals surface area contributed by atoms with Crippen LogP contribution in [-0.2, 0) is 26.0 Å². The molecule has 2 aliphatic heterocycles. The van der Waals surface area contributed by atoms with Crippen LogP contribution in [0, 0.1) is 0 Å². The molecule has 2 atom stereocenters. The fourth-order valence-corrected chi connectivity index (χ4v) is 6.24. The van der Waals surface area contributed by atoms with Gasteiger partial charge in [0.05, 0.1) is 24.0 Å². The number of aliphatic carboxylic acids is 1. The molecule has 0 aromatic heterocycles. The second-order valence-corrected chi connectivity index (χ2v) is 10.8. The fourth-order valence-electron chi connectivity index (χ4n) is 4.46. The van der Waals surface area contributed by atoms with Crippen molar-refractivity contribution in [3.05, 3.63) is 54.1 Å². The molecule has 2 aromatic carbocycles. The van der Waals surface area contributed by atoms with Gasteiger partial charge in [0.15, 0.2) is 5.37 Å². The number of amides is 1. The van der Waals surface area contributed by atoms with Crippen molar-refractivity contribution in [2.24, 2.45) is 0 Å². The zero-order chi connectivity index (χ0) is 25.2. The van der Waals surface area contributed by atoms with E-state index in [1.807, 2.05) is 11.9 Å². The number of likely N-dealkylation sites (N-methyl/N-ethyl adjacent to an activating group) is 1. The minimum absolute atomic E-state index is 0. The zero-order valence-corrected chi connectivity index (χ0v) is 24.7. The SMILES string of the molecule is COc1ccc(S(=O)(=O)C(C(=O)N2Cc3ccccc3NCC2C(=O)[O-])N2CCN(C)CC2)cc1.[K+]. The first-order valence-corrected chi connectivity index (χ1v) is 12.9. The summed E-state index contributed by atoms with van der Waals surface area (Å²) < 4.78 is 32.9. The first kappa shape index (κ1) is 29.0. The number of nitrogens with zero attached hydrogens (tertiary/aromatic N) is 3. The van der Waals surface area contributed by atoms with Crippen molar-refractivity contribution >= 4 is 27.4 Å². The van der Waals surface area contributed by atoms with Gasteiger partial charge < -0.3 is 29.8 Å². The number of benzene rings is 2. The summed E-state index contributed by atoms with van der Waals surface area (Å²) in [5.41, 5.74) is 1.40. The van der Waals surface area contributed by atoms with Gasteiger partial charge in [-0.2, -0.15) is 0 Å². The minimum atomic E-state index is -4.20. The number of piperazine rings is 1. The van der Waals surface area contributed by atoms with E-state index in [0.29, 0.717) is 43.2 Å². The van der Waals surface area contributed by atoms with E-state index < -0.39 is 33.1 Å². The molecule has 2 aromatic rings. The van der Waals surface area contributed by atoms with Gasteiger partial charge >= 0.3 is 51.4 Å². The Bertz CT molecular complexity index is 1190. The quantitative estimate of drug-likeness (QED) is 0.374. The third kappa shape index (κ3) is 6.13. The van der Waals surface area contributed by atoms with Gasteiger partial charge in [0.2, 0.25) is 9.84 Å². The molecule has 4 rings (SSSR count). The van der Waals surface area contributed by atoms with Crippen molar-refractivity contribution in [1.82, 2.24) is 14.7 Å². The van der Waals surface area contributed by atoms with Crippen LogP contribution >= 0.6 is 0 Å². The molecule has 1 amide bonds. The number of rotatable bonds is 6. The van der Waals surface area contributed by atoms with Crippen molar-refractivity contribution in [2.75, 3.05) is 52.2 Å². The molecule has 1 fully saturated rings. The molecular formula is C24H29KN4O6S. The van der Waals surface area contributed by atoms with Crippen LogP contribution in [0.5, 0.6) is 5.75 Å². The Morgan fingerprint density at radius 2 is 1.69 bits per heavy atom. The van der Waals surface area contributed by atoms with E-state index in [9.17, 15) is 23.1 Å². The molecule has 12 heteroatoms. The predicted molar refractivity (Wildman–Crippen MR) is 127 cm³/mol. The van der Waals surface area contributed by atoms with Crippen LogP contribution in [0.3, 0.4) is 0 Å². The number of ether oxygens (including phenoxy) is 1. The standard InChI is InChI=1S/C24H30N4O6S.K/c1-26-11-13-27(14-12-26)23(35(32,33)19-9-7-18(34-2)8-10-19)22(29)28-16-17-5-3-4-6-20(17)25-15-21(28)24(30)31;/h3-10,21,23,25H,11-16H2,1-2H3,(H,30,31);/q;+1/p-1. The topological polar surface area (TPSA) is 122 Å². The summed E-state index contributed by atoms with van der Waals surface area (Å²) in [6.07, 6.45) is 0. The molecule has 1 N–H and O–H groups in total. The van der Waals surface area contributed by atoms with E-state index >= 15 is 0 Å². The van der Waals surface area contributed by atoms with E-state index in [0.717, 1.165) is 4.90 Å². The van der Waals surface area contributed by atoms with Gasteiger partial charge in [-0.25, -0.2) is 8.42 Å². The van der Waals surface area contributed by atoms with Crippen molar-refractivity contribution in [2.45, 2.75) is 22.9 Å². The van der Waals surface area contributed by atoms with Crippen LogP contribution in [0.15, 0.2) is 53.4 Å². The average molecular weight is 541 g/mol. The normalized spacial score (nSPS) is 19.7. The van der Waals surface area contributed by atoms with E-state index in [4.69, 9.17) is 4.74 Å². The second kappa shape index (κ2) is 12.4. The summed E-state index contributed by atoms with van der Waals surface area (Å²) in [6.45, 7) is 1.71. The Kier molecular flexibility index (Phi) is 9.97. The maximum absolute atomic E-state index is 14.0. The molecule has 36 heavy (non-hydrogen) atoms. The smallest absolute Gasteiger partial charge is 0.548 e. The van der Waals surface area contributed by atoms with Crippen molar-refractivity contribution in [3.63, 3.8) is 0 Å². The minimum Gasteiger partial charge on any atom is -0.548 e. The second-order valence-electron chi connectivity index (χ2n) is 8.75. The Hall–Kier alpha value is -1.51. The number of anilines is 1. The maximum atomic E-state index is 14.0. The molecular weight excluding hydrogens is 511 g/mol. The van der Waals surface area contributed by atoms with Crippen LogP contribution in [0.2, 0.25) is 0 Å². The van der Waals surface area contributed by atoms with E-state index in [2.05, 4.69) is 5.32 Å². The molecule has 1 saturated heterocycles. The van der Waals surface area contributed by atoms with Crippen LogP contribution in [0.4, 0.5) is 5.69 Å². The molecule has 0 saturated carbocycles. The molecule has 0 spiro atoms. The van der Waals surface area contributed by atoms with E-state index in [1.54, 1.807) is 29.2 Å². The van der Waals surface area contributed by atoms with Crippen LogP contribution in [0.1, 0.15) is 5.56 Å². The summed E-state index contributed by atoms with van der Waals surface area (Å²) in [4.78, 5) is 30.9. The summed E-state index contributed by atoms with van der Waals surface area (Å²) >= 11 is 0. The van der Waals surface area contributed by atoms with Gasteiger partial charge in [-0.3, -0.25) is 9.69 Å². The van der Waals surface area contributed by atoms with Crippen LogP contribution in [0.25, 0.3) is 0 Å². The van der Waals surface area contributed by atoms with Crippen molar-refractivity contribution in [1.29, 1.82) is 0 Å². The molecule has 2 unspecified atom stereocenters. The van der Waals surface area contributed by atoms with E-state index in [1.165, 1.54) is 31.4 Å². The Balaban J connectivity index is 0.00000361. The fraction of sp³-hybridized carbons (Fsp3) is 0.417. The van der Waals surface area contributed by atoms with Crippen molar-refractivity contribution < 1.29 is 79.2 Å². The first-order chi connectivity index (χ1) is 16.7. The van der Waals surface area contributed by atoms with Gasteiger partial charge in [0, 0.05) is 45.0 Å². The molecule has 0 bridgehead atoms. The Labute approximate surface area is 253 Å². The number of fused-ring (bicyclic) bond motifs is 1. The number of hydrogen-bond donors (Lipinski definition) is 1. The van der Waals surface area contributed by atoms with E-state index in [-0.39, 0.29) is 69.4 Å². The average Bonchev–Trinajstić information content (AvgIpc) is 3.05. The molecule has 0 radical (unpaired) electrons.